The van der Waals surface area contributed by atoms with Gasteiger partial charge >= 0.3 is 0 Å². The van der Waals surface area contributed by atoms with Gasteiger partial charge in [-0.1, -0.05) is 24.3 Å². The van der Waals surface area contributed by atoms with Gasteiger partial charge in [0.25, 0.3) is 5.91 Å². The average Bonchev–Trinajstić information content (AvgIpc) is 2.57. The first-order chi connectivity index (χ1) is 11.0. The van der Waals surface area contributed by atoms with E-state index in [0.717, 1.165) is 16.7 Å². The lowest BCUT2D eigenvalue weighted by molar-refractivity contribution is -0.112. The van der Waals surface area contributed by atoms with Crippen LogP contribution in [0.2, 0.25) is 0 Å². The van der Waals surface area contributed by atoms with Crippen LogP contribution < -0.4 is 10.1 Å². The van der Waals surface area contributed by atoms with Crippen molar-refractivity contribution < 1.29 is 9.53 Å². The lowest BCUT2D eigenvalue weighted by Crippen LogP contribution is -2.14. The van der Waals surface area contributed by atoms with E-state index in [1.54, 1.807) is 25.3 Å². The highest BCUT2D eigenvalue weighted by molar-refractivity contribution is 6.10. The van der Waals surface area contributed by atoms with Crippen molar-refractivity contribution in [3.05, 3.63) is 64.7 Å². The molecule has 2 aromatic carbocycles. The normalized spacial score (nSPS) is 10.8. The largest absolute Gasteiger partial charge is 0.497 e. The van der Waals surface area contributed by atoms with Crippen LogP contribution in [0.4, 0.5) is 5.69 Å². The second-order valence-electron chi connectivity index (χ2n) is 5.15. The summed E-state index contributed by atoms with van der Waals surface area (Å²) in [5, 5.41) is 12.1. The van der Waals surface area contributed by atoms with Crippen LogP contribution in [0.25, 0.3) is 6.08 Å². The zero-order valence-electron chi connectivity index (χ0n) is 13.4. The third kappa shape index (κ3) is 3.98. The molecule has 0 atom stereocenters. The number of rotatable bonds is 4. The maximum Gasteiger partial charge on any atom is 0.266 e. The maximum atomic E-state index is 12.3. The van der Waals surface area contributed by atoms with Crippen LogP contribution in [0, 0.1) is 25.2 Å². The van der Waals surface area contributed by atoms with Crippen LogP contribution in [-0.4, -0.2) is 13.0 Å². The van der Waals surface area contributed by atoms with Gasteiger partial charge in [0.05, 0.1) is 7.11 Å². The molecule has 0 saturated heterocycles. The lowest BCUT2D eigenvalue weighted by Gasteiger charge is -2.10. The highest BCUT2D eigenvalue weighted by Crippen LogP contribution is 2.20. The molecular weight excluding hydrogens is 288 g/mol. The molecule has 2 aromatic rings. The first-order valence-corrected chi connectivity index (χ1v) is 7.18. The van der Waals surface area contributed by atoms with Gasteiger partial charge in [0.15, 0.2) is 0 Å². The number of anilines is 1. The summed E-state index contributed by atoms with van der Waals surface area (Å²) in [5.41, 5.74) is 3.55. The fourth-order valence-electron chi connectivity index (χ4n) is 2.12. The van der Waals surface area contributed by atoms with Crippen LogP contribution >= 0.6 is 0 Å². The highest BCUT2D eigenvalue weighted by atomic mass is 16.5. The predicted octanol–water partition coefficient (Wildman–Crippen LogP) is 3.86. The molecule has 0 unspecified atom stereocenters. The number of methoxy groups -OCH3 is 1. The first kappa shape index (κ1) is 16.3. The van der Waals surface area contributed by atoms with Crippen LogP contribution in [0.15, 0.2) is 48.0 Å². The molecule has 0 aliphatic rings. The van der Waals surface area contributed by atoms with Gasteiger partial charge < -0.3 is 10.1 Å². The van der Waals surface area contributed by atoms with E-state index in [9.17, 15) is 10.1 Å². The molecule has 0 heterocycles. The molecule has 4 nitrogen and oxygen atoms in total. The van der Waals surface area contributed by atoms with E-state index in [-0.39, 0.29) is 5.57 Å². The number of nitriles is 1. The highest BCUT2D eigenvalue weighted by Gasteiger charge is 2.11. The minimum absolute atomic E-state index is 0.0409. The second kappa shape index (κ2) is 7.28. The Kier molecular flexibility index (Phi) is 5.16. The number of aryl methyl sites for hydroxylation is 1. The van der Waals surface area contributed by atoms with Crippen LogP contribution in [-0.2, 0) is 4.79 Å². The molecule has 116 valence electrons. The summed E-state index contributed by atoms with van der Waals surface area (Å²) in [6.45, 7) is 3.91. The van der Waals surface area contributed by atoms with Crippen molar-refractivity contribution in [2.24, 2.45) is 0 Å². The van der Waals surface area contributed by atoms with Crippen LogP contribution in [0.5, 0.6) is 5.75 Å². The van der Waals surface area contributed by atoms with E-state index < -0.39 is 5.91 Å². The van der Waals surface area contributed by atoms with E-state index >= 15 is 0 Å². The van der Waals surface area contributed by atoms with Gasteiger partial charge in [0, 0.05) is 5.69 Å². The number of hydrogen-bond donors (Lipinski definition) is 1. The van der Waals surface area contributed by atoms with Gasteiger partial charge in [-0.05, 0) is 54.8 Å². The van der Waals surface area contributed by atoms with E-state index in [2.05, 4.69) is 5.32 Å². The summed E-state index contributed by atoms with van der Waals surface area (Å²) in [5.74, 6) is 0.245. The number of nitrogens with zero attached hydrogens (tertiary/aromatic N) is 1. The molecule has 0 saturated carbocycles. The molecule has 0 aromatic heterocycles. The molecule has 2 rings (SSSR count). The summed E-state index contributed by atoms with van der Waals surface area (Å²) in [4.78, 5) is 12.3. The van der Waals surface area contributed by atoms with Crippen molar-refractivity contribution in [3.63, 3.8) is 0 Å². The molecule has 0 aliphatic carbocycles. The minimum Gasteiger partial charge on any atom is -0.497 e. The fourth-order valence-corrected chi connectivity index (χ4v) is 2.12. The summed E-state index contributed by atoms with van der Waals surface area (Å²) >= 11 is 0. The molecule has 0 spiro atoms. The topological polar surface area (TPSA) is 62.1 Å². The SMILES string of the molecule is COc1cccc(C=C(C#N)C(=O)Nc2cccc(C)c2C)c1. The molecule has 1 amide bonds. The Morgan fingerprint density at radius 2 is 1.96 bits per heavy atom. The number of carbonyl (C=O) groups is 1. The number of ether oxygens (including phenoxy) is 1. The quantitative estimate of drug-likeness (QED) is 0.689. The third-order valence-corrected chi connectivity index (χ3v) is 3.62. The molecule has 0 aliphatic heterocycles. The standard InChI is InChI=1S/C19H18N2O2/c1-13-6-4-9-18(14(13)2)21-19(22)16(12-20)10-15-7-5-8-17(11-15)23-3/h4-11H,1-3H3,(H,21,22). The number of carbonyl (C=O) groups excluding carboxylic acids is 1. The van der Waals surface area contributed by atoms with Gasteiger partial charge in [-0.25, -0.2) is 0 Å². The zero-order valence-corrected chi connectivity index (χ0v) is 13.4. The molecule has 4 heteroatoms. The van der Waals surface area contributed by atoms with Crippen molar-refractivity contribution in [2.75, 3.05) is 12.4 Å². The van der Waals surface area contributed by atoms with Crippen molar-refractivity contribution >= 4 is 17.7 Å². The Balaban J connectivity index is 2.26. The number of hydrogen-bond acceptors (Lipinski definition) is 3. The molecular formula is C19H18N2O2. The van der Waals surface area contributed by atoms with Gasteiger partial charge in [-0.3, -0.25) is 4.79 Å². The van der Waals surface area contributed by atoms with Gasteiger partial charge in [0.2, 0.25) is 0 Å². The monoisotopic (exact) mass is 306 g/mol. The lowest BCUT2D eigenvalue weighted by atomic mass is 10.1. The summed E-state index contributed by atoms with van der Waals surface area (Å²) in [6.07, 6.45) is 1.54. The molecule has 0 radical (unpaired) electrons. The van der Waals surface area contributed by atoms with Gasteiger partial charge in [-0.15, -0.1) is 0 Å². The van der Waals surface area contributed by atoms with E-state index in [0.29, 0.717) is 11.4 Å². The first-order valence-electron chi connectivity index (χ1n) is 7.18. The maximum absolute atomic E-state index is 12.3. The van der Waals surface area contributed by atoms with Crippen molar-refractivity contribution in [1.82, 2.24) is 0 Å². The van der Waals surface area contributed by atoms with Gasteiger partial charge in [0.1, 0.15) is 17.4 Å². The predicted molar refractivity (Wildman–Crippen MR) is 91.1 cm³/mol. The molecule has 23 heavy (non-hydrogen) atoms. The molecule has 1 N–H and O–H groups in total. The molecule has 0 bridgehead atoms. The van der Waals surface area contributed by atoms with Crippen LogP contribution in [0.1, 0.15) is 16.7 Å². The second-order valence-corrected chi connectivity index (χ2v) is 5.15. The molecule has 0 fully saturated rings. The summed E-state index contributed by atoms with van der Waals surface area (Å²) in [7, 11) is 1.57. The Labute approximate surface area is 136 Å². The van der Waals surface area contributed by atoms with Gasteiger partial charge in [-0.2, -0.15) is 5.26 Å². The van der Waals surface area contributed by atoms with E-state index in [1.165, 1.54) is 0 Å². The number of benzene rings is 2. The van der Waals surface area contributed by atoms with E-state index in [4.69, 9.17) is 4.74 Å². The zero-order chi connectivity index (χ0) is 16.8. The Morgan fingerprint density at radius 1 is 1.22 bits per heavy atom. The van der Waals surface area contributed by atoms with Crippen molar-refractivity contribution in [3.8, 4) is 11.8 Å². The summed E-state index contributed by atoms with van der Waals surface area (Å²) in [6, 6.07) is 14.8. The summed E-state index contributed by atoms with van der Waals surface area (Å²) < 4.78 is 5.14. The Bertz CT molecular complexity index is 801. The smallest absolute Gasteiger partial charge is 0.266 e. The number of nitrogens with one attached hydrogen (secondary N) is 1. The van der Waals surface area contributed by atoms with Crippen molar-refractivity contribution in [1.29, 1.82) is 5.26 Å². The number of amides is 1. The van der Waals surface area contributed by atoms with E-state index in [1.807, 2.05) is 50.2 Å². The van der Waals surface area contributed by atoms with Crippen LogP contribution in [0.3, 0.4) is 0 Å². The average molecular weight is 306 g/mol. The minimum atomic E-state index is -0.427. The fraction of sp³-hybridized carbons (Fsp3) is 0.158. The Hall–Kier alpha value is -3.06. The van der Waals surface area contributed by atoms with Crippen molar-refractivity contribution in [2.45, 2.75) is 13.8 Å². The third-order valence-electron chi connectivity index (χ3n) is 3.62. The Morgan fingerprint density at radius 3 is 2.65 bits per heavy atom.